The van der Waals surface area contributed by atoms with Crippen LogP contribution in [0.15, 0.2) is 54.1 Å². The molecular formula is C20H18O5. The molecule has 2 rings (SSSR count). The number of rotatable bonds is 6. The van der Waals surface area contributed by atoms with Gasteiger partial charge in [-0.25, -0.2) is 0 Å². The van der Waals surface area contributed by atoms with E-state index >= 15 is 0 Å². The van der Waals surface area contributed by atoms with Gasteiger partial charge in [0.1, 0.15) is 5.75 Å². The summed E-state index contributed by atoms with van der Waals surface area (Å²) in [6, 6.07) is 10.8. The maximum absolute atomic E-state index is 12.3. The molecule has 0 heterocycles. The molecule has 0 bridgehead atoms. The molecule has 0 radical (unpaired) electrons. The van der Waals surface area contributed by atoms with Gasteiger partial charge in [0.05, 0.1) is 12.7 Å². The minimum absolute atomic E-state index is 0.00243. The molecule has 0 unspecified atom stereocenters. The third-order valence-electron chi connectivity index (χ3n) is 3.48. The first-order valence-electron chi connectivity index (χ1n) is 7.52. The molecule has 0 spiro atoms. The second-order valence-corrected chi connectivity index (χ2v) is 5.33. The maximum atomic E-state index is 12.3. The highest BCUT2D eigenvalue weighted by Gasteiger charge is 2.12. The number of phenolic OH excluding ortho intramolecular Hbond substituents is 2. The molecule has 0 amide bonds. The second kappa shape index (κ2) is 7.97. The van der Waals surface area contributed by atoms with Gasteiger partial charge < -0.3 is 14.9 Å². The van der Waals surface area contributed by atoms with Crippen LogP contribution in [0.5, 0.6) is 17.2 Å². The lowest BCUT2D eigenvalue weighted by atomic mass is 10.0. The number of methoxy groups -OCH3 is 1. The molecule has 0 aliphatic rings. The van der Waals surface area contributed by atoms with E-state index in [-0.39, 0.29) is 22.9 Å². The number of ketones is 2. The maximum Gasteiger partial charge on any atom is 0.189 e. The first-order valence-corrected chi connectivity index (χ1v) is 7.52. The van der Waals surface area contributed by atoms with Gasteiger partial charge in [-0.15, -0.1) is 0 Å². The Bertz CT molecular complexity index is 845. The largest absolute Gasteiger partial charge is 0.508 e. The Morgan fingerprint density at radius 3 is 2.24 bits per heavy atom. The predicted octanol–water partition coefficient (Wildman–Crippen LogP) is 3.36. The van der Waals surface area contributed by atoms with E-state index in [1.165, 1.54) is 50.5 Å². The van der Waals surface area contributed by atoms with Gasteiger partial charge in [0.25, 0.3) is 0 Å². The van der Waals surface area contributed by atoms with Crippen LogP contribution in [-0.2, 0) is 9.59 Å². The van der Waals surface area contributed by atoms with E-state index in [4.69, 9.17) is 4.74 Å². The second-order valence-electron chi connectivity index (χ2n) is 5.33. The SMILES string of the molecule is COc1cc(C=CC(=O)C(=Cc2ccc(O)cc2)C(C)=O)ccc1O. The summed E-state index contributed by atoms with van der Waals surface area (Å²) in [7, 11) is 1.43. The molecule has 0 atom stereocenters. The molecule has 2 aromatic carbocycles. The fraction of sp³-hybridized carbons (Fsp3) is 0.100. The van der Waals surface area contributed by atoms with Crippen molar-refractivity contribution in [3.8, 4) is 17.2 Å². The van der Waals surface area contributed by atoms with Crippen molar-refractivity contribution in [3.05, 3.63) is 65.2 Å². The molecule has 0 saturated carbocycles. The Labute approximate surface area is 145 Å². The Hall–Kier alpha value is -3.34. The van der Waals surface area contributed by atoms with Crippen LogP contribution in [0.25, 0.3) is 12.2 Å². The molecule has 0 fully saturated rings. The lowest BCUT2D eigenvalue weighted by Crippen LogP contribution is -2.07. The number of ether oxygens (including phenoxy) is 1. The number of Topliss-reactive ketones (excluding diaryl/α,β-unsaturated/α-hetero) is 1. The van der Waals surface area contributed by atoms with E-state index in [2.05, 4.69) is 0 Å². The molecule has 0 saturated heterocycles. The molecule has 0 aromatic heterocycles. The fourth-order valence-electron chi connectivity index (χ4n) is 2.14. The van der Waals surface area contributed by atoms with Crippen LogP contribution in [0.3, 0.4) is 0 Å². The Kier molecular flexibility index (Phi) is 5.74. The molecule has 25 heavy (non-hydrogen) atoms. The zero-order valence-corrected chi connectivity index (χ0v) is 13.9. The third-order valence-corrected chi connectivity index (χ3v) is 3.48. The molecule has 2 aromatic rings. The number of benzene rings is 2. The normalized spacial score (nSPS) is 11.5. The zero-order chi connectivity index (χ0) is 18.4. The van der Waals surface area contributed by atoms with Gasteiger partial charge in [0.2, 0.25) is 0 Å². The predicted molar refractivity (Wildman–Crippen MR) is 95.5 cm³/mol. The molecule has 2 N–H and O–H groups in total. The average molecular weight is 338 g/mol. The van der Waals surface area contributed by atoms with Crippen molar-refractivity contribution in [2.75, 3.05) is 7.11 Å². The van der Waals surface area contributed by atoms with E-state index in [1.54, 1.807) is 24.3 Å². The highest BCUT2D eigenvalue weighted by atomic mass is 16.5. The number of hydrogen-bond donors (Lipinski definition) is 2. The van der Waals surface area contributed by atoms with Crippen molar-refractivity contribution in [3.63, 3.8) is 0 Å². The number of carbonyl (C=O) groups excluding carboxylic acids is 2. The van der Waals surface area contributed by atoms with Crippen LogP contribution in [-0.4, -0.2) is 28.9 Å². The minimum atomic E-state index is -0.437. The van der Waals surface area contributed by atoms with Crippen LogP contribution in [0, 0.1) is 0 Å². The van der Waals surface area contributed by atoms with Gasteiger partial charge in [0, 0.05) is 0 Å². The highest BCUT2D eigenvalue weighted by Crippen LogP contribution is 2.26. The van der Waals surface area contributed by atoms with Crippen molar-refractivity contribution in [2.24, 2.45) is 0 Å². The first-order chi connectivity index (χ1) is 11.9. The number of allylic oxidation sites excluding steroid dienone is 2. The Morgan fingerprint density at radius 1 is 1.00 bits per heavy atom. The topological polar surface area (TPSA) is 83.8 Å². The zero-order valence-electron chi connectivity index (χ0n) is 13.9. The van der Waals surface area contributed by atoms with Crippen molar-refractivity contribution >= 4 is 23.7 Å². The van der Waals surface area contributed by atoms with Crippen molar-refractivity contribution in [2.45, 2.75) is 6.92 Å². The lowest BCUT2D eigenvalue weighted by Gasteiger charge is -2.04. The lowest BCUT2D eigenvalue weighted by molar-refractivity contribution is -0.118. The van der Waals surface area contributed by atoms with Crippen LogP contribution < -0.4 is 4.74 Å². The van der Waals surface area contributed by atoms with Gasteiger partial charge in [-0.05, 0) is 54.5 Å². The monoisotopic (exact) mass is 338 g/mol. The third kappa shape index (κ3) is 4.81. The summed E-state index contributed by atoms with van der Waals surface area (Å²) in [5.74, 6) is -0.392. The van der Waals surface area contributed by atoms with Gasteiger partial charge >= 0.3 is 0 Å². The molecule has 5 heteroatoms. The van der Waals surface area contributed by atoms with Crippen LogP contribution in [0.2, 0.25) is 0 Å². The molecule has 0 aliphatic heterocycles. The summed E-state index contributed by atoms with van der Waals surface area (Å²) < 4.78 is 5.01. The smallest absolute Gasteiger partial charge is 0.189 e. The summed E-state index contributed by atoms with van der Waals surface area (Å²) in [6.07, 6.45) is 4.31. The van der Waals surface area contributed by atoms with Gasteiger partial charge in [-0.1, -0.05) is 24.3 Å². The number of carbonyl (C=O) groups is 2. The van der Waals surface area contributed by atoms with Crippen LogP contribution in [0.1, 0.15) is 18.1 Å². The Balaban J connectivity index is 2.26. The standard InChI is InChI=1S/C20H18O5/c1-13(21)17(11-14-3-7-16(22)8-4-14)18(23)9-5-15-6-10-19(24)20(12-15)25-2/h3-12,22,24H,1-2H3. The minimum Gasteiger partial charge on any atom is -0.508 e. The van der Waals surface area contributed by atoms with Gasteiger partial charge in [-0.2, -0.15) is 0 Å². The fourth-order valence-corrected chi connectivity index (χ4v) is 2.14. The number of phenols is 2. The summed E-state index contributed by atoms with van der Waals surface area (Å²) >= 11 is 0. The van der Waals surface area contributed by atoms with E-state index in [1.807, 2.05) is 0 Å². The molecule has 0 aliphatic carbocycles. The average Bonchev–Trinajstić information content (AvgIpc) is 2.60. The van der Waals surface area contributed by atoms with Crippen molar-refractivity contribution in [1.82, 2.24) is 0 Å². The molecular weight excluding hydrogens is 320 g/mol. The number of aromatic hydroxyl groups is 2. The van der Waals surface area contributed by atoms with Crippen LogP contribution >= 0.6 is 0 Å². The molecule has 5 nitrogen and oxygen atoms in total. The van der Waals surface area contributed by atoms with Crippen molar-refractivity contribution in [1.29, 1.82) is 0 Å². The summed E-state index contributed by atoms with van der Waals surface area (Å²) in [5, 5.41) is 18.9. The Morgan fingerprint density at radius 2 is 1.64 bits per heavy atom. The molecule has 128 valence electrons. The number of hydrogen-bond acceptors (Lipinski definition) is 5. The first kappa shape index (κ1) is 18.0. The highest BCUT2D eigenvalue weighted by molar-refractivity contribution is 6.27. The van der Waals surface area contributed by atoms with Gasteiger partial charge in [-0.3, -0.25) is 9.59 Å². The van der Waals surface area contributed by atoms with Crippen LogP contribution in [0.4, 0.5) is 0 Å². The van der Waals surface area contributed by atoms with Gasteiger partial charge in [0.15, 0.2) is 23.1 Å². The summed E-state index contributed by atoms with van der Waals surface area (Å²) in [4.78, 5) is 24.1. The quantitative estimate of drug-likeness (QED) is 0.479. The van der Waals surface area contributed by atoms with E-state index in [9.17, 15) is 19.8 Å². The van der Waals surface area contributed by atoms with Crippen molar-refractivity contribution < 1.29 is 24.5 Å². The summed E-state index contributed by atoms with van der Waals surface area (Å²) in [5.41, 5.74) is 1.32. The van der Waals surface area contributed by atoms with E-state index in [0.717, 1.165) is 0 Å². The van der Waals surface area contributed by atoms with E-state index in [0.29, 0.717) is 16.9 Å². The van der Waals surface area contributed by atoms with E-state index < -0.39 is 5.78 Å². The summed E-state index contributed by atoms with van der Waals surface area (Å²) in [6.45, 7) is 1.32.